The molecule has 0 radical (unpaired) electrons. The maximum absolute atomic E-state index is 11.5. The van der Waals surface area contributed by atoms with Crippen molar-refractivity contribution in [2.45, 2.75) is 52.1 Å². The van der Waals surface area contributed by atoms with Gasteiger partial charge in [0.05, 0.1) is 12.9 Å². The zero-order valence-electron chi connectivity index (χ0n) is 19.4. The van der Waals surface area contributed by atoms with E-state index in [4.69, 9.17) is 0 Å². The van der Waals surface area contributed by atoms with Gasteiger partial charge in [-0.25, -0.2) is 9.13 Å². The molecule has 0 aliphatic rings. The van der Waals surface area contributed by atoms with Crippen LogP contribution in [0.3, 0.4) is 0 Å². The normalized spacial score (nSPS) is 11.7. The second-order valence-electron chi connectivity index (χ2n) is 7.63. The van der Waals surface area contributed by atoms with Crippen molar-refractivity contribution in [1.29, 1.82) is 0 Å². The molecule has 0 aliphatic heterocycles. The van der Waals surface area contributed by atoms with E-state index in [0.717, 1.165) is 30.9 Å². The molecule has 2 aromatic heterocycles. The van der Waals surface area contributed by atoms with E-state index in [1.165, 1.54) is 42.8 Å². The van der Waals surface area contributed by atoms with E-state index in [2.05, 4.69) is 56.8 Å². The number of nitrogens with zero attached hydrogens (tertiary/aromatic N) is 2. The molecule has 32 heavy (non-hydrogen) atoms. The summed E-state index contributed by atoms with van der Waals surface area (Å²) in [6.07, 6.45) is 9.38. The minimum absolute atomic E-state index is 0.0540. The summed E-state index contributed by atoms with van der Waals surface area (Å²) in [6, 6.07) is 12.7. The summed E-state index contributed by atoms with van der Waals surface area (Å²) in [4.78, 5) is 0. The van der Waals surface area contributed by atoms with E-state index in [1.54, 1.807) is 0 Å². The highest BCUT2D eigenvalue weighted by Gasteiger charge is 2.13. The molecule has 0 fully saturated rings. The van der Waals surface area contributed by atoms with Crippen LogP contribution in [0.25, 0.3) is 0 Å². The molecule has 2 heterocycles. The minimum Gasteiger partial charge on any atom is -0.273 e. The van der Waals surface area contributed by atoms with Crippen LogP contribution in [0.5, 0.6) is 0 Å². The summed E-state index contributed by atoms with van der Waals surface area (Å²) in [5, 5.41) is 0. The summed E-state index contributed by atoms with van der Waals surface area (Å²) in [6.45, 7) is 4.05. The molecule has 178 valence electrons. The molecule has 0 aromatic carbocycles. The lowest BCUT2D eigenvalue weighted by Gasteiger charge is -2.05. The van der Waals surface area contributed by atoms with Crippen LogP contribution in [0.1, 0.15) is 37.6 Å². The molecule has 0 bridgehead atoms. The van der Waals surface area contributed by atoms with E-state index >= 15 is 0 Å². The van der Waals surface area contributed by atoms with Gasteiger partial charge < -0.3 is 0 Å². The van der Waals surface area contributed by atoms with Gasteiger partial charge in [0.25, 0.3) is 10.1 Å². The second kappa shape index (κ2) is 15.7. The van der Waals surface area contributed by atoms with Crippen molar-refractivity contribution in [3.05, 3.63) is 60.2 Å². The lowest BCUT2D eigenvalue weighted by atomic mass is 10.2. The number of hydrogen-bond acceptors (Lipinski definition) is 5. The van der Waals surface area contributed by atoms with Gasteiger partial charge in [0.2, 0.25) is 0 Å². The Morgan fingerprint density at radius 1 is 0.812 bits per heavy atom. The third-order valence-corrected chi connectivity index (χ3v) is 8.77. The fourth-order valence-corrected chi connectivity index (χ4v) is 6.12. The highest BCUT2D eigenvalue weighted by molar-refractivity contribution is 8.02. The molecule has 0 unspecified atom stereocenters. The average Bonchev–Trinajstić information content (AvgIpc) is 2.81. The summed E-state index contributed by atoms with van der Waals surface area (Å²) in [5.74, 6) is 4.64. The standard InChI is InChI=1S/C24H38N2O3S3/c1-3-4-14-25-15-7-5-10-23(25)12-18-30-20-21-31-19-13-24-11-6-8-16-26(24)17-9-22-32(27,28)29-2/h5-8,10-11,15-16H,3-4,9,12-14,17-22H2,1-2H3/q+2. The summed E-state index contributed by atoms with van der Waals surface area (Å²) < 4.78 is 32.1. The fourth-order valence-electron chi connectivity index (χ4n) is 3.41. The lowest BCUT2D eigenvalue weighted by Crippen LogP contribution is -2.39. The van der Waals surface area contributed by atoms with Crippen molar-refractivity contribution in [2.24, 2.45) is 0 Å². The predicted molar refractivity (Wildman–Crippen MR) is 136 cm³/mol. The van der Waals surface area contributed by atoms with Crippen molar-refractivity contribution in [2.75, 3.05) is 35.9 Å². The van der Waals surface area contributed by atoms with Crippen molar-refractivity contribution in [1.82, 2.24) is 0 Å². The minimum atomic E-state index is -3.38. The fraction of sp³-hybridized carbons (Fsp3) is 0.583. The number of hydrogen-bond donors (Lipinski definition) is 0. The number of unbranched alkanes of at least 4 members (excludes halogenated alkanes) is 1. The third kappa shape index (κ3) is 10.7. The van der Waals surface area contributed by atoms with Gasteiger partial charge in [0, 0.05) is 73.0 Å². The van der Waals surface area contributed by atoms with E-state index in [9.17, 15) is 8.42 Å². The van der Waals surface area contributed by atoms with Crippen molar-refractivity contribution in [3.63, 3.8) is 0 Å². The monoisotopic (exact) mass is 498 g/mol. The molecule has 0 amide bonds. The average molecular weight is 499 g/mol. The third-order valence-electron chi connectivity index (χ3n) is 5.25. The molecular formula is C24H38N2O3S3+2. The quantitative estimate of drug-likeness (QED) is 0.189. The second-order valence-corrected chi connectivity index (χ2v) is 11.9. The molecule has 0 atom stereocenters. The van der Waals surface area contributed by atoms with E-state index < -0.39 is 10.1 Å². The Morgan fingerprint density at radius 2 is 1.34 bits per heavy atom. The summed E-state index contributed by atoms with van der Waals surface area (Å²) >= 11 is 4.03. The van der Waals surface area contributed by atoms with Crippen molar-refractivity contribution < 1.29 is 21.7 Å². The molecule has 0 spiro atoms. The van der Waals surface area contributed by atoms with Crippen molar-refractivity contribution in [3.8, 4) is 0 Å². The van der Waals surface area contributed by atoms with Crippen LogP contribution in [-0.2, 0) is 40.2 Å². The number of pyridine rings is 2. The Morgan fingerprint density at radius 3 is 1.84 bits per heavy atom. The maximum atomic E-state index is 11.5. The predicted octanol–water partition coefficient (Wildman–Crippen LogP) is 3.68. The first-order chi connectivity index (χ1) is 15.6. The largest absolute Gasteiger partial charge is 0.273 e. The van der Waals surface area contributed by atoms with Gasteiger partial charge in [-0.3, -0.25) is 4.18 Å². The van der Waals surface area contributed by atoms with Crippen LogP contribution in [0.4, 0.5) is 0 Å². The van der Waals surface area contributed by atoms with Crippen LogP contribution in [0.15, 0.2) is 48.8 Å². The molecule has 0 N–H and O–H groups in total. The van der Waals surface area contributed by atoms with E-state index in [1.807, 2.05) is 35.8 Å². The van der Waals surface area contributed by atoms with Gasteiger partial charge in [0.15, 0.2) is 23.8 Å². The molecule has 0 saturated heterocycles. The van der Waals surface area contributed by atoms with E-state index in [0.29, 0.717) is 13.0 Å². The molecule has 2 aromatic rings. The SMILES string of the molecule is CCCC[n+]1ccccc1CCSCCSCCc1cccc[n+]1CCCS(=O)(=O)OC. The van der Waals surface area contributed by atoms with Gasteiger partial charge in [0.1, 0.15) is 13.1 Å². The zero-order valence-corrected chi connectivity index (χ0v) is 21.9. The molecule has 8 heteroatoms. The van der Waals surface area contributed by atoms with Crippen LogP contribution in [0, 0.1) is 0 Å². The maximum Gasteiger partial charge on any atom is 0.267 e. The van der Waals surface area contributed by atoms with Gasteiger partial charge in [-0.1, -0.05) is 25.5 Å². The molecular weight excluding hydrogens is 460 g/mol. The smallest absolute Gasteiger partial charge is 0.267 e. The Bertz CT molecular complexity index is 892. The number of rotatable bonds is 17. The Balaban J connectivity index is 1.62. The number of aryl methyl sites for hydroxylation is 4. The molecule has 5 nitrogen and oxygen atoms in total. The Hall–Kier alpha value is -1.09. The molecule has 2 rings (SSSR count). The Kier molecular flexibility index (Phi) is 13.3. The van der Waals surface area contributed by atoms with Gasteiger partial charge >= 0.3 is 0 Å². The zero-order chi connectivity index (χ0) is 23.1. The van der Waals surface area contributed by atoms with Crippen LogP contribution in [-0.4, -0.2) is 44.3 Å². The first-order valence-electron chi connectivity index (χ1n) is 11.4. The van der Waals surface area contributed by atoms with Gasteiger partial charge in [-0.15, -0.1) is 0 Å². The highest BCUT2D eigenvalue weighted by Crippen LogP contribution is 2.10. The van der Waals surface area contributed by atoms with Crippen LogP contribution < -0.4 is 9.13 Å². The Labute approximate surface area is 203 Å². The first kappa shape index (κ1) is 27.2. The van der Waals surface area contributed by atoms with Gasteiger partial charge in [-0.2, -0.15) is 31.9 Å². The topological polar surface area (TPSA) is 51.1 Å². The first-order valence-corrected chi connectivity index (χ1v) is 15.3. The highest BCUT2D eigenvalue weighted by atomic mass is 32.2. The van der Waals surface area contributed by atoms with Crippen LogP contribution in [0.2, 0.25) is 0 Å². The summed E-state index contributed by atoms with van der Waals surface area (Å²) in [7, 11) is -2.16. The van der Waals surface area contributed by atoms with E-state index in [-0.39, 0.29) is 5.75 Å². The number of aromatic nitrogens is 2. The van der Waals surface area contributed by atoms with Crippen molar-refractivity contribution >= 4 is 33.6 Å². The molecule has 0 aliphatic carbocycles. The molecule has 0 saturated carbocycles. The number of thioether (sulfide) groups is 2. The van der Waals surface area contributed by atoms with Gasteiger partial charge in [-0.05, 0) is 0 Å². The van der Waals surface area contributed by atoms with Crippen LogP contribution >= 0.6 is 23.5 Å². The lowest BCUT2D eigenvalue weighted by molar-refractivity contribution is -0.704. The summed E-state index contributed by atoms with van der Waals surface area (Å²) in [5.41, 5.74) is 2.69.